The van der Waals surface area contributed by atoms with Gasteiger partial charge in [-0.05, 0) is 56.1 Å². The highest BCUT2D eigenvalue weighted by Gasteiger charge is 2.25. The highest BCUT2D eigenvalue weighted by molar-refractivity contribution is 6.24. The first-order chi connectivity index (χ1) is 15.6. The number of carbonyl (C=O) groups is 1. The summed E-state index contributed by atoms with van der Waals surface area (Å²) in [6.45, 7) is 0. The maximum atomic E-state index is 12.5. The first-order valence-corrected chi connectivity index (χ1v) is 10.0. The quantitative estimate of drug-likeness (QED) is 0.121. The van der Waals surface area contributed by atoms with E-state index in [2.05, 4.69) is 41.4 Å². The van der Waals surface area contributed by atoms with Gasteiger partial charge in [-0.1, -0.05) is 54.6 Å². The Bertz CT molecular complexity index is 1620. The Morgan fingerprint density at radius 2 is 1.47 bits per heavy atom. The highest BCUT2D eigenvalue weighted by atomic mass is 16.6. The SMILES string of the molecule is O=C1OC(c2ccc([N+](=O)[O-])cc2)=N/C1=C\c1ccc2ccc3cccc4ccc1c2c34. The molecule has 0 radical (unpaired) electrons. The number of cyclic esters (lactones) is 1. The average molecular weight is 418 g/mol. The van der Waals surface area contributed by atoms with Crippen LogP contribution in [0.1, 0.15) is 11.1 Å². The Morgan fingerprint density at radius 3 is 2.19 bits per heavy atom. The number of hydrogen-bond acceptors (Lipinski definition) is 5. The third kappa shape index (κ3) is 2.74. The van der Waals surface area contributed by atoms with Crippen LogP contribution >= 0.6 is 0 Å². The van der Waals surface area contributed by atoms with Crippen LogP contribution in [0.25, 0.3) is 38.4 Å². The van der Waals surface area contributed by atoms with Crippen LogP contribution in [0.4, 0.5) is 5.69 Å². The predicted molar refractivity (Wildman–Crippen MR) is 124 cm³/mol. The number of ether oxygens (including phenoxy) is 1. The molecule has 0 spiro atoms. The van der Waals surface area contributed by atoms with E-state index in [0.29, 0.717) is 5.56 Å². The molecular weight excluding hydrogens is 404 g/mol. The van der Waals surface area contributed by atoms with Crippen LogP contribution in [0.5, 0.6) is 0 Å². The number of hydrogen-bond donors (Lipinski definition) is 0. The number of aliphatic imine (C=N–C) groups is 1. The molecule has 6 rings (SSSR count). The molecule has 32 heavy (non-hydrogen) atoms. The molecule has 152 valence electrons. The molecule has 0 amide bonds. The third-order valence-corrected chi connectivity index (χ3v) is 5.80. The molecule has 0 N–H and O–H groups in total. The molecule has 0 aliphatic carbocycles. The van der Waals surface area contributed by atoms with Crippen LogP contribution in [0.3, 0.4) is 0 Å². The smallest absolute Gasteiger partial charge is 0.363 e. The lowest BCUT2D eigenvalue weighted by atomic mass is 9.92. The van der Waals surface area contributed by atoms with Crippen LogP contribution < -0.4 is 0 Å². The lowest BCUT2D eigenvalue weighted by Crippen LogP contribution is -2.05. The average Bonchev–Trinajstić information content (AvgIpc) is 3.18. The van der Waals surface area contributed by atoms with Gasteiger partial charge in [-0.3, -0.25) is 10.1 Å². The summed E-state index contributed by atoms with van der Waals surface area (Å²) >= 11 is 0. The summed E-state index contributed by atoms with van der Waals surface area (Å²) in [5.74, 6) is -0.419. The molecule has 1 aliphatic heterocycles. The van der Waals surface area contributed by atoms with E-state index in [9.17, 15) is 14.9 Å². The fraction of sp³-hybridized carbons (Fsp3) is 0. The van der Waals surface area contributed by atoms with Crippen LogP contribution in [0.15, 0.2) is 89.6 Å². The number of nitro groups is 1. The van der Waals surface area contributed by atoms with E-state index in [1.165, 1.54) is 40.4 Å². The molecular formula is C26H14N2O4. The monoisotopic (exact) mass is 418 g/mol. The first-order valence-electron chi connectivity index (χ1n) is 10.0. The number of nitrogens with zero attached hydrogens (tertiary/aromatic N) is 2. The van der Waals surface area contributed by atoms with Crippen LogP contribution in [-0.2, 0) is 9.53 Å². The van der Waals surface area contributed by atoms with Crippen LogP contribution in [-0.4, -0.2) is 16.8 Å². The normalized spacial score (nSPS) is 15.1. The van der Waals surface area contributed by atoms with Gasteiger partial charge in [-0.2, -0.15) is 0 Å². The largest absolute Gasteiger partial charge is 0.402 e. The van der Waals surface area contributed by atoms with Crippen molar-refractivity contribution < 1.29 is 14.5 Å². The van der Waals surface area contributed by atoms with Gasteiger partial charge in [0.25, 0.3) is 5.69 Å². The van der Waals surface area contributed by atoms with Crippen molar-refractivity contribution in [1.82, 2.24) is 0 Å². The molecule has 0 saturated heterocycles. The number of rotatable bonds is 3. The van der Waals surface area contributed by atoms with E-state index >= 15 is 0 Å². The Morgan fingerprint density at radius 1 is 0.812 bits per heavy atom. The van der Waals surface area contributed by atoms with Crippen LogP contribution in [0.2, 0.25) is 0 Å². The minimum absolute atomic E-state index is 0.0388. The van der Waals surface area contributed by atoms with E-state index in [1.807, 2.05) is 18.2 Å². The van der Waals surface area contributed by atoms with E-state index in [-0.39, 0.29) is 17.3 Å². The van der Waals surface area contributed by atoms with E-state index < -0.39 is 10.9 Å². The molecule has 0 atom stereocenters. The number of esters is 1. The molecule has 0 bridgehead atoms. The summed E-state index contributed by atoms with van der Waals surface area (Å²) in [6.07, 6.45) is 1.73. The Balaban J connectivity index is 1.48. The maximum absolute atomic E-state index is 12.5. The molecule has 0 saturated carbocycles. The fourth-order valence-corrected chi connectivity index (χ4v) is 4.29. The zero-order chi connectivity index (χ0) is 21.8. The fourth-order valence-electron chi connectivity index (χ4n) is 4.29. The van der Waals surface area contributed by atoms with E-state index in [0.717, 1.165) is 21.7 Å². The number of nitro benzene ring substituents is 1. The zero-order valence-corrected chi connectivity index (χ0v) is 16.6. The highest BCUT2D eigenvalue weighted by Crippen LogP contribution is 2.36. The summed E-state index contributed by atoms with van der Waals surface area (Å²) < 4.78 is 5.33. The summed E-state index contributed by atoms with van der Waals surface area (Å²) in [5.41, 5.74) is 1.52. The topological polar surface area (TPSA) is 81.8 Å². The Kier molecular flexibility index (Phi) is 3.82. The zero-order valence-electron chi connectivity index (χ0n) is 16.6. The second-order valence-corrected chi connectivity index (χ2v) is 7.65. The molecule has 1 aliphatic rings. The molecule has 0 fully saturated rings. The number of carbonyl (C=O) groups excluding carboxylic acids is 1. The maximum Gasteiger partial charge on any atom is 0.363 e. The van der Waals surface area contributed by atoms with Gasteiger partial charge in [-0.15, -0.1) is 0 Å². The molecule has 0 aromatic heterocycles. The van der Waals surface area contributed by atoms with Crippen molar-refractivity contribution in [3.8, 4) is 0 Å². The van der Waals surface area contributed by atoms with E-state index in [1.54, 1.807) is 6.08 Å². The van der Waals surface area contributed by atoms with Gasteiger partial charge < -0.3 is 4.74 Å². The van der Waals surface area contributed by atoms with Crippen LogP contribution in [0, 0.1) is 10.1 Å². The summed E-state index contributed by atoms with van der Waals surface area (Å²) in [7, 11) is 0. The van der Waals surface area contributed by atoms with Crippen molar-refractivity contribution in [1.29, 1.82) is 0 Å². The van der Waals surface area contributed by atoms with Crippen molar-refractivity contribution >= 4 is 55.9 Å². The molecule has 6 nitrogen and oxygen atoms in total. The molecule has 6 heteroatoms. The second-order valence-electron chi connectivity index (χ2n) is 7.65. The minimum atomic E-state index is -0.552. The van der Waals surface area contributed by atoms with Gasteiger partial charge in [-0.25, -0.2) is 9.79 Å². The van der Waals surface area contributed by atoms with Crippen molar-refractivity contribution in [3.63, 3.8) is 0 Å². The predicted octanol–water partition coefficient (Wildman–Crippen LogP) is 5.84. The third-order valence-electron chi connectivity index (χ3n) is 5.80. The van der Waals surface area contributed by atoms with Gasteiger partial charge in [0.05, 0.1) is 4.92 Å². The van der Waals surface area contributed by atoms with Crippen molar-refractivity contribution in [2.45, 2.75) is 0 Å². The molecule has 1 heterocycles. The van der Waals surface area contributed by atoms with Crippen molar-refractivity contribution in [2.75, 3.05) is 0 Å². The van der Waals surface area contributed by atoms with Crippen molar-refractivity contribution in [3.05, 3.63) is 106 Å². The summed E-state index contributed by atoms with van der Waals surface area (Å²) in [6, 6.07) is 24.4. The summed E-state index contributed by atoms with van der Waals surface area (Å²) in [5, 5.41) is 17.7. The number of non-ortho nitro benzene ring substituents is 1. The lowest BCUT2D eigenvalue weighted by molar-refractivity contribution is -0.384. The lowest BCUT2D eigenvalue weighted by Gasteiger charge is -2.12. The first kappa shape index (κ1) is 18.2. The number of benzene rings is 5. The Hall–Kier alpha value is -4.58. The van der Waals surface area contributed by atoms with Gasteiger partial charge in [0.2, 0.25) is 5.90 Å². The summed E-state index contributed by atoms with van der Waals surface area (Å²) in [4.78, 5) is 27.2. The van der Waals surface area contributed by atoms with Gasteiger partial charge >= 0.3 is 5.97 Å². The van der Waals surface area contributed by atoms with Gasteiger partial charge in [0.15, 0.2) is 5.70 Å². The molecule has 0 unspecified atom stereocenters. The van der Waals surface area contributed by atoms with Crippen molar-refractivity contribution in [2.24, 2.45) is 4.99 Å². The Labute approximate surface area is 181 Å². The second kappa shape index (κ2) is 6.72. The minimum Gasteiger partial charge on any atom is -0.402 e. The molecule has 5 aromatic carbocycles. The van der Waals surface area contributed by atoms with Gasteiger partial charge in [0.1, 0.15) is 0 Å². The molecule has 5 aromatic rings. The van der Waals surface area contributed by atoms with E-state index in [4.69, 9.17) is 4.74 Å². The van der Waals surface area contributed by atoms with Gasteiger partial charge in [0, 0.05) is 17.7 Å². The standard InChI is InChI=1S/C26H14N2O4/c29-26-22(27-25(32-26)18-8-11-20(12-9-18)28(30)31)14-19-7-6-17-5-4-15-2-1-3-16-10-13-21(19)24(17)23(15)16/h1-14H/b22-14-.